The van der Waals surface area contributed by atoms with Crippen LogP contribution in [0, 0.1) is 6.92 Å². The Morgan fingerprint density at radius 1 is 1.06 bits per heavy atom. The number of carbonyl (C=O) groups is 1. The first-order valence-electron chi connectivity index (χ1n) is 10.4. The number of hydrazone groups is 1. The summed E-state index contributed by atoms with van der Waals surface area (Å²) < 4.78 is 17.4. The third kappa shape index (κ3) is 4.38. The molecule has 0 fully saturated rings. The van der Waals surface area contributed by atoms with Gasteiger partial charge in [-0.05, 0) is 72.6 Å². The summed E-state index contributed by atoms with van der Waals surface area (Å²) in [6.45, 7) is 2.96. The molecule has 1 aromatic heterocycles. The molecule has 0 spiro atoms. The van der Waals surface area contributed by atoms with E-state index in [0.29, 0.717) is 35.4 Å². The van der Waals surface area contributed by atoms with E-state index in [4.69, 9.17) is 14.2 Å². The fraction of sp³-hybridized carbons (Fsp3) is 0.160. The Bertz CT molecular complexity index is 1350. The number of carbonyl (C=O) groups excluding carboxylic acids is 1. The van der Waals surface area contributed by atoms with Crippen LogP contribution in [-0.2, 0) is 0 Å². The maximum Gasteiger partial charge on any atom is 0.280 e. The summed E-state index contributed by atoms with van der Waals surface area (Å²) in [5.41, 5.74) is 3.21. The molecule has 0 saturated carbocycles. The maximum absolute atomic E-state index is 13.6. The molecule has 0 aliphatic carbocycles. The number of amides is 1. The number of aryl methyl sites for hydroxylation is 1. The molecule has 0 atom stereocenters. The second-order valence-corrected chi connectivity index (χ2v) is 8.47. The minimum absolute atomic E-state index is 0.312. The van der Waals surface area contributed by atoms with Gasteiger partial charge in [-0.1, -0.05) is 17.4 Å². The number of aromatic nitrogens is 1. The number of methoxy groups -OCH3 is 1. The van der Waals surface area contributed by atoms with Gasteiger partial charge in [-0.25, -0.2) is 4.98 Å². The molecule has 3 aromatic carbocycles. The fourth-order valence-corrected chi connectivity index (χ4v) is 4.43. The zero-order valence-corrected chi connectivity index (χ0v) is 19.0. The lowest BCUT2D eigenvalue weighted by molar-refractivity contribution is 0.0986. The predicted octanol–water partition coefficient (Wildman–Crippen LogP) is 5.07. The molecule has 0 N–H and O–H groups in total. The van der Waals surface area contributed by atoms with E-state index in [1.165, 1.54) is 16.3 Å². The van der Waals surface area contributed by atoms with E-state index in [1.54, 1.807) is 31.5 Å². The van der Waals surface area contributed by atoms with Crippen molar-refractivity contribution in [3.63, 3.8) is 0 Å². The molecular weight excluding hydrogens is 438 g/mol. The van der Waals surface area contributed by atoms with Crippen molar-refractivity contribution in [1.29, 1.82) is 0 Å². The minimum atomic E-state index is -0.312. The number of ether oxygens (including phenoxy) is 3. The Hall–Kier alpha value is -3.91. The van der Waals surface area contributed by atoms with E-state index in [2.05, 4.69) is 16.2 Å². The quantitative estimate of drug-likeness (QED) is 0.308. The van der Waals surface area contributed by atoms with E-state index in [-0.39, 0.29) is 5.91 Å². The van der Waals surface area contributed by atoms with Crippen LogP contribution in [0.15, 0.2) is 65.8 Å². The average Bonchev–Trinajstić information content (AvgIpc) is 3.27. The Labute approximate surface area is 194 Å². The monoisotopic (exact) mass is 459 g/mol. The molecule has 1 aliphatic heterocycles. The first kappa shape index (κ1) is 21.0. The van der Waals surface area contributed by atoms with Crippen LogP contribution < -0.4 is 19.2 Å². The van der Waals surface area contributed by atoms with Crippen LogP contribution in [0.2, 0.25) is 0 Å². The molecule has 1 amide bonds. The standard InChI is InChI=1S/C25H21N3O4S/c1-16-3-9-20-23(13-16)33-25(27-20)28(26-15-17-4-7-19(30-2)8-5-17)24(29)18-6-10-21-22(14-18)32-12-11-31-21/h3-10,13-15H,11-12H2,1-2H3/b26-15+. The smallest absolute Gasteiger partial charge is 0.280 e. The topological polar surface area (TPSA) is 73.2 Å². The number of fused-ring (bicyclic) bond motifs is 2. The zero-order valence-electron chi connectivity index (χ0n) is 18.1. The molecule has 166 valence electrons. The Kier molecular flexibility index (Phi) is 5.66. The highest BCUT2D eigenvalue weighted by Gasteiger charge is 2.23. The van der Waals surface area contributed by atoms with E-state index in [9.17, 15) is 4.79 Å². The number of thiazole rings is 1. The van der Waals surface area contributed by atoms with Crippen molar-refractivity contribution in [3.05, 3.63) is 77.4 Å². The molecule has 33 heavy (non-hydrogen) atoms. The lowest BCUT2D eigenvalue weighted by Gasteiger charge is -2.20. The second kappa shape index (κ2) is 8.91. The van der Waals surface area contributed by atoms with Gasteiger partial charge in [0.15, 0.2) is 11.5 Å². The van der Waals surface area contributed by atoms with Gasteiger partial charge in [-0.15, -0.1) is 0 Å². The fourth-order valence-electron chi connectivity index (χ4n) is 3.41. The number of nitrogens with zero attached hydrogens (tertiary/aromatic N) is 3. The largest absolute Gasteiger partial charge is 0.497 e. The van der Waals surface area contributed by atoms with Crippen LogP contribution in [0.25, 0.3) is 10.2 Å². The van der Waals surface area contributed by atoms with E-state index >= 15 is 0 Å². The summed E-state index contributed by atoms with van der Waals surface area (Å²) >= 11 is 1.42. The molecule has 1 aliphatic rings. The van der Waals surface area contributed by atoms with E-state index in [0.717, 1.165) is 27.1 Å². The van der Waals surface area contributed by atoms with Crippen LogP contribution in [-0.4, -0.2) is 37.4 Å². The lowest BCUT2D eigenvalue weighted by atomic mass is 10.2. The van der Waals surface area contributed by atoms with E-state index in [1.807, 2.05) is 43.3 Å². The van der Waals surface area contributed by atoms with Crippen molar-refractivity contribution in [2.75, 3.05) is 25.3 Å². The number of anilines is 1. The molecular formula is C25H21N3O4S. The third-order valence-corrected chi connectivity index (χ3v) is 6.13. The molecule has 8 heteroatoms. The van der Waals surface area contributed by atoms with Gasteiger partial charge < -0.3 is 14.2 Å². The lowest BCUT2D eigenvalue weighted by Crippen LogP contribution is -2.26. The number of rotatable bonds is 5. The Morgan fingerprint density at radius 3 is 2.64 bits per heavy atom. The predicted molar refractivity (Wildman–Crippen MR) is 129 cm³/mol. The van der Waals surface area contributed by atoms with Crippen molar-refractivity contribution < 1.29 is 19.0 Å². The number of hydrogen-bond donors (Lipinski definition) is 0. The van der Waals surface area contributed by atoms with Crippen molar-refractivity contribution in [2.45, 2.75) is 6.92 Å². The van der Waals surface area contributed by atoms with Gasteiger partial charge in [0.05, 0.1) is 23.5 Å². The van der Waals surface area contributed by atoms with Crippen molar-refractivity contribution in [2.24, 2.45) is 5.10 Å². The van der Waals surface area contributed by atoms with Crippen LogP contribution in [0.3, 0.4) is 0 Å². The van der Waals surface area contributed by atoms with Gasteiger partial charge in [0.1, 0.15) is 19.0 Å². The van der Waals surface area contributed by atoms with Crippen molar-refractivity contribution in [1.82, 2.24) is 4.98 Å². The molecule has 0 bridgehead atoms. The first-order valence-corrected chi connectivity index (χ1v) is 11.2. The Balaban J connectivity index is 1.53. The summed E-state index contributed by atoms with van der Waals surface area (Å²) in [5, 5.41) is 6.33. The zero-order chi connectivity index (χ0) is 22.8. The SMILES string of the molecule is COc1ccc(/C=N/N(C(=O)c2ccc3c(c2)OCCO3)c2nc3ccc(C)cc3s2)cc1. The maximum atomic E-state index is 13.6. The minimum Gasteiger partial charge on any atom is -0.497 e. The van der Waals surface area contributed by atoms with Gasteiger partial charge in [-0.3, -0.25) is 4.79 Å². The molecule has 0 radical (unpaired) electrons. The van der Waals surface area contributed by atoms with Crippen molar-refractivity contribution in [3.8, 4) is 17.2 Å². The first-order chi connectivity index (χ1) is 16.1. The summed E-state index contributed by atoms with van der Waals surface area (Å²) in [5.74, 6) is 1.61. The highest BCUT2D eigenvalue weighted by Crippen LogP contribution is 2.34. The van der Waals surface area contributed by atoms with E-state index < -0.39 is 0 Å². The Morgan fingerprint density at radius 2 is 1.85 bits per heavy atom. The molecule has 2 heterocycles. The normalized spacial score (nSPS) is 12.8. The highest BCUT2D eigenvalue weighted by molar-refractivity contribution is 7.22. The summed E-state index contributed by atoms with van der Waals surface area (Å²) in [4.78, 5) is 18.2. The van der Waals surface area contributed by atoms with Gasteiger partial charge in [0.2, 0.25) is 5.13 Å². The molecule has 0 unspecified atom stereocenters. The van der Waals surface area contributed by atoms with Gasteiger partial charge in [-0.2, -0.15) is 10.1 Å². The van der Waals surface area contributed by atoms with Gasteiger partial charge >= 0.3 is 0 Å². The van der Waals surface area contributed by atoms with Crippen LogP contribution in [0.4, 0.5) is 5.13 Å². The molecule has 4 aromatic rings. The second-order valence-electron chi connectivity index (χ2n) is 7.46. The van der Waals surface area contributed by atoms with Crippen LogP contribution >= 0.6 is 11.3 Å². The van der Waals surface area contributed by atoms with Crippen LogP contribution in [0.5, 0.6) is 17.2 Å². The number of hydrogen-bond acceptors (Lipinski definition) is 7. The van der Waals surface area contributed by atoms with Crippen LogP contribution in [0.1, 0.15) is 21.5 Å². The highest BCUT2D eigenvalue weighted by atomic mass is 32.1. The van der Waals surface area contributed by atoms with Gasteiger partial charge in [0.25, 0.3) is 5.91 Å². The van der Waals surface area contributed by atoms with Gasteiger partial charge in [0, 0.05) is 5.56 Å². The summed E-state index contributed by atoms with van der Waals surface area (Å²) in [6.07, 6.45) is 1.63. The average molecular weight is 460 g/mol. The third-order valence-electron chi connectivity index (χ3n) is 5.13. The number of benzene rings is 3. The summed E-state index contributed by atoms with van der Waals surface area (Å²) in [6, 6.07) is 18.6. The molecule has 0 saturated heterocycles. The summed E-state index contributed by atoms with van der Waals surface area (Å²) in [7, 11) is 1.62. The van der Waals surface area contributed by atoms with Crippen molar-refractivity contribution >= 4 is 38.8 Å². The molecule has 5 rings (SSSR count). The molecule has 7 nitrogen and oxygen atoms in total.